The van der Waals surface area contributed by atoms with Crippen molar-refractivity contribution in [2.24, 2.45) is 0 Å². The van der Waals surface area contributed by atoms with Gasteiger partial charge >= 0.3 is 0 Å². The van der Waals surface area contributed by atoms with Gasteiger partial charge in [-0.3, -0.25) is 4.79 Å². The normalized spacial score (nSPS) is 10.3. The average Bonchev–Trinajstić information content (AvgIpc) is 2.66. The number of hydrogen-bond acceptors (Lipinski definition) is 4. The van der Waals surface area contributed by atoms with E-state index in [0.717, 1.165) is 12.8 Å². The van der Waals surface area contributed by atoms with Crippen molar-refractivity contribution in [1.82, 2.24) is 15.5 Å². The Morgan fingerprint density at radius 3 is 3.00 bits per heavy atom. The SMILES string of the molecule is CCCCNC(=O)Cc1noc(CCl)n1. The molecule has 1 amide bonds. The highest BCUT2D eigenvalue weighted by atomic mass is 35.5. The Bertz CT molecular complexity index is 314. The monoisotopic (exact) mass is 231 g/mol. The van der Waals surface area contributed by atoms with E-state index in [1.165, 1.54) is 0 Å². The summed E-state index contributed by atoms with van der Waals surface area (Å²) in [4.78, 5) is 15.2. The van der Waals surface area contributed by atoms with Gasteiger partial charge in [-0.25, -0.2) is 0 Å². The molecular formula is C9H14ClN3O2. The van der Waals surface area contributed by atoms with Crippen molar-refractivity contribution < 1.29 is 9.32 Å². The van der Waals surface area contributed by atoms with E-state index in [0.29, 0.717) is 18.3 Å². The van der Waals surface area contributed by atoms with Gasteiger partial charge in [-0.15, -0.1) is 11.6 Å². The fourth-order valence-corrected chi connectivity index (χ4v) is 1.14. The molecule has 0 aliphatic heterocycles. The molecule has 1 rings (SSSR count). The van der Waals surface area contributed by atoms with E-state index in [1.54, 1.807) is 0 Å². The molecule has 84 valence electrons. The molecule has 1 heterocycles. The molecule has 0 saturated heterocycles. The lowest BCUT2D eigenvalue weighted by atomic mass is 10.3. The number of rotatable bonds is 6. The number of halogens is 1. The van der Waals surface area contributed by atoms with E-state index < -0.39 is 0 Å². The van der Waals surface area contributed by atoms with Gasteiger partial charge in [0.05, 0.1) is 6.42 Å². The molecule has 6 heteroatoms. The zero-order valence-electron chi connectivity index (χ0n) is 8.62. The zero-order chi connectivity index (χ0) is 11.1. The zero-order valence-corrected chi connectivity index (χ0v) is 9.38. The summed E-state index contributed by atoms with van der Waals surface area (Å²) < 4.78 is 4.77. The van der Waals surface area contributed by atoms with Crippen LogP contribution >= 0.6 is 11.6 Å². The molecule has 0 fully saturated rings. The largest absolute Gasteiger partial charge is 0.356 e. The molecule has 1 aromatic rings. The lowest BCUT2D eigenvalue weighted by Crippen LogP contribution is -2.26. The maximum absolute atomic E-state index is 11.3. The van der Waals surface area contributed by atoms with Crippen LogP contribution in [0.3, 0.4) is 0 Å². The number of hydrogen-bond donors (Lipinski definition) is 1. The number of nitrogens with zero attached hydrogens (tertiary/aromatic N) is 2. The standard InChI is InChI=1S/C9H14ClN3O2/c1-2-3-4-11-8(14)5-7-12-9(6-10)15-13-7/h2-6H2,1H3,(H,11,14). The third-order valence-electron chi connectivity index (χ3n) is 1.80. The van der Waals surface area contributed by atoms with E-state index in [4.69, 9.17) is 16.1 Å². The van der Waals surface area contributed by atoms with Crippen LogP contribution < -0.4 is 5.32 Å². The minimum atomic E-state index is -0.0922. The van der Waals surface area contributed by atoms with E-state index >= 15 is 0 Å². The summed E-state index contributed by atoms with van der Waals surface area (Å²) in [5.74, 6) is 0.794. The van der Waals surface area contributed by atoms with Gasteiger partial charge in [0, 0.05) is 6.54 Å². The van der Waals surface area contributed by atoms with Crippen LogP contribution in [0.15, 0.2) is 4.52 Å². The number of aromatic nitrogens is 2. The minimum absolute atomic E-state index is 0.0922. The Kier molecular flexibility index (Phi) is 5.10. The first-order valence-corrected chi connectivity index (χ1v) is 5.43. The molecule has 0 aliphatic carbocycles. The van der Waals surface area contributed by atoms with Gasteiger partial charge in [-0.2, -0.15) is 4.98 Å². The highest BCUT2D eigenvalue weighted by Gasteiger charge is 2.09. The van der Waals surface area contributed by atoms with E-state index in [1.807, 2.05) is 0 Å². The van der Waals surface area contributed by atoms with Crippen molar-refractivity contribution in [3.05, 3.63) is 11.7 Å². The van der Waals surface area contributed by atoms with Gasteiger partial charge in [-0.1, -0.05) is 18.5 Å². The van der Waals surface area contributed by atoms with Gasteiger partial charge in [0.1, 0.15) is 5.88 Å². The number of nitrogens with one attached hydrogen (secondary N) is 1. The fourth-order valence-electron chi connectivity index (χ4n) is 1.03. The van der Waals surface area contributed by atoms with E-state index in [9.17, 15) is 4.79 Å². The van der Waals surface area contributed by atoms with Crippen LogP contribution in [0.1, 0.15) is 31.5 Å². The predicted molar refractivity (Wildman–Crippen MR) is 55.5 cm³/mol. The third kappa shape index (κ3) is 4.29. The van der Waals surface area contributed by atoms with Gasteiger partial charge in [0.25, 0.3) is 0 Å². The first kappa shape index (κ1) is 12.0. The Balaban J connectivity index is 2.31. The van der Waals surface area contributed by atoms with E-state index in [2.05, 4.69) is 22.4 Å². The molecule has 0 unspecified atom stereocenters. The Morgan fingerprint density at radius 1 is 1.60 bits per heavy atom. The molecule has 1 aromatic heterocycles. The maximum Gasteiger partial charge on any atom is 0.241 e. The van der Waals surface area contributed by atoms with Gasteiger partial charge in [-0.05, 0) is 6.42 Å². The predicted octanol–water partition coefficient (Wildman–Crippen LogP) is 1.27. The fraction of sp³-hybridized carbons (Fsp3) is 0.667. The van der Waals surface area contributed by atoms with Crippen LogP contribution in [0.2, 0.25) is 0 Å². The number of carbonyl (C=O) groups excluding carboxylic acids is 1. The Labute approximate surface area is 93.2 Å². The van der Waals surface area contributed by atoms with E-state index in [-0.39, 0.29) is 18.2 Å². The Morgan fingerprint density at radius 2 is 2.40 bits per heavy atom. The molecule has 15 heavy (non-hydrogen) atoms. The molecule has 0 aromatic carbocycles. The van der Waals surface area contributed by atoms with Crippen LogP contribution in [0.4, 0.5) is 0 Å². The van der Waals surface area contributed by atoms with Crippen molar-refractivity contribution in [2.75, 3.05) is 6.54 Å². The quantitative estimate of drug-likeness (QED) is 0.591. The topological polar surface area (TPSA) is 68.0 Å². The molecular weight excluding hydrogens is 218 g/mol. The second-order valence-electron chi connectivity index (χ2n) is 3.12. The minimum Gasteiger partial charge on any atom is -0.356 e. The molecule has 5 nitrogen and oxygen atoms in total. The summed E-state index contributed by atoms with van der Waals surface area (Å²) in [5, 5.41) is 6.39. The number of alkyl halides is 1. The summed E-state index contributed by atoms with van der Waals surface area (Å²) >= 11 is 5.48. The van der Waals surface area contributed by atoms with Crippen molar-refractivity contribution in [1.29, 1.82) is 0 Å². The number of carbonyl (C=O) groups is 1. The first-order valence-electron chi connectivity index (χ1n) is 4.90. The van der Waals surface area contributed by atoms with Gasteiger partial charge < -0.3 is 9.84 Å². The molecule has 0 atom stereocenters. The molecule has 0 spiro atoms. The van der Waals surface area contributed by atoms with Crippen molar-refractivity contribution in [3.8, 4) is 0 Å². The molecule has 0 aliphatic rings. The molecule has 1 N–H and O–H groups in total. The Hall–Kier alpha value is -1.10. The lowest BCUT2D eigenvalue weighted by molar-refractivity contribution is -0.120. The molecule has 0 bridgehead atoms. The molecule has 0 radical (unpaired) electrons. The maximum atomic E-state index is 11.3. The van der Waals surface area contributed by atoms with Crippen molar-refractivity contribution >= 4 is 17.5 Å². The number of unbranched alkanes of at least 4 members (excludes halogenated alkanes) is 1. The van der Waals surface area contributed by atoms with Crippen molar-refractivity contribution in [3.63, 3.8) is 0 Å². The summed E-state index contributed by atoms with van der Waals surface area (Å²) in [7, 11) is 0. The van der Waals surface area contributed by atoms with Crippen molar-refractivity contribution in [2.45, 2.75) is 32.1 Å². The van der Waals surface area contributed by atoms with Gasteiger partial charge in [0.2, 0.25) is 11.8 Å². The second-order valence-corrected chi connectivity index (χ2v) is 3.39. The first-order chi connectivity index (χ1) is 7.26. The summed E-state index contributed by atoms with van der Waals surface area (Å²) in [6.45, 7) is 2.76. The molecule has 0 saturated carbocycles. The van der Waals surface area contributed by atoms with Crippen LogP contribution in [0, 0.1) is 0 Å². The summed E-state index contributed by atoms with van der Waals surface area (Å²) in [6, 6.07) is 0. The smallest absolute Gasteiger partial charge is 0.241 e. The van der Waals surface area contributed by atoms with Crippen LogP contribution in [0.5, 0.6) is 0 Å². The summed E-state index contributed by atoms with van der Waals surface area (Å²) in [5.41, 5.74) is 0. The van der Waals surface area contributed by atoms with Crippen LogP contribution in [-0.4, -0.2) is 22.6 Å². The summed E-state index contributed by atoms with van der Waals surface area (Å²) in [6.07, 6.45) is 2.17. The highest BCUT2D eigenvalue weighted by Crippen LogP contribution is 2.01. The van der Waals surface area contributed by atoms with Gasteiger partial charge in [0.15, 0.2) is 5.82 Å². The average molecular weight is 232 g/mol. The number of amides is 1. The second kappa shape index (κ2) is 6.40. The van der Waals surface area contributed by atoms with Crippen LogP contribution in [-0.2, 0) is 17.1 Å². The lowest BCUT2D eigenvalue weighted by Gasteiger charge is -2.00. The van der Waals surface area contributed by atoms with Crippen LogP contribution in [0.25, 0.3) is 0 Å². The third-order valence-corrected chi connectivity index (χ3v) is 2.02. The highest BCUT2D eigenvalue weighted by molar-refractivity contribution is 6.16.